The monoisotopic (exact) mass is 422 g/mol. The molecule has 0 bridgehead atoms. The molecule has 0 unspecified atom stereocenters. The highest BCUT2D eigenvalue weighted by Crippen LogP contribution is 2.30. The van der Waals surface area contributed by atoms with Crippen molar-refractivity contribution < 1.29 is 28.5 Å². The zero-order chi connectivity index (χ0) is 21.6. The van der Waals surface area contributed by atoms with Crippen LogP contribution in [0, 0.1) is 11.7 Å². The molecule has 3 aromatic carbocycles. The second kappa shape index (κ2) is 9.51. The lowest BCUT2D eigenvalue weighted by Gasteiger charge is -2.11. The molecule has 3 aromatic rings. The van der Waals surface area contributed by atoms with Gasteiger partial charge >= 0.3 is 5.97 Å². The summed E-state index contributed by atoms with van der Waals surface area (Å²) >= 11 is 0. The Kier molecular flexibility index (Phi) is 6.36. The summed E-state index contributed by atoms with van der Waals surface area (Å²) in [5.74, 6) is -0.0215. The van der Waals surface area contributed by atoms with E-state index in [1.165, 1.54) is 25.0 Å². The van der Waals surface area contributed by atoms with Crippen LogP contribution in [0.1, 0.15) is 18.4 Å². The lowest BCUT2D eigenvalue weighted by atomic mass is 10.0. The van der Waals surface area contributed by atoms with Gasteiger partial charge in [-0.2, -0.15) is 0 Å². The maximum absolute atomic E-state index is 14.0. The van der Waals surface area contributed by atoms with Crippen molar-refractivity contribution in [1.82, 2.24) is 0 Å². The number of carboxylic acid groups (broad SMARTS) is 1. The fourth-order valence-corrected chi connectivity index (χ4v) is 3.08. The van der Waals surface area contributed by atoms with E-state index in [2.05, 4.69) is 0 Å². The molecule has 5 nitrogen and oxygen atoms in total. The van der Waals surface area contributed by atoms with Gasteiger partial charge in [-0.25, -0.2) is 9.18 Å². The molecule has 0 radical (unpaired) electrons. The molecule has 160 valence electrons. The van der Waals surface area contributed by atoms with Crippen molar-refractivity contribution in [2.45, 2.75) is 19.4 Å². The summed E-state index contributed by atoms with van der Waals surface area (Å²) in [6, 6.07) is 20.1. The van der Waals surface area contributed by atoms with Gasteiger partial charge in [-0.3, -0.25) is 0 Å². The number of ether oxygens (including phenoxy) is 3. The lowest BCUT2D eigenvalue weighted by molar-refractivity contribution is -0.139. The van der Waals surface area contributed by atoms with Crippen LogP contribution in [0.15, 0.2) is 66.7 Å². The van der Waals surface area contributed by atoms with Gasteiger partial charge in [0.2, 0.25) is 0 Å². The maximum Gasteiger partial charge on any atom is 0.341 e. The summed E-state index contributed by atoms with van der Waals surface area (Å²) in [4.78, 5) is 10.5. The number of rotatable bonds is 10. The highest BCUT2D eigenvalue weighted by atomic mass is 19.1. The van der Waals surface area contributed by atoms with Gasteiger partial charge in [-0.05, 0) is 65.8 Å². The van der Waals surface area contributed by atoms with E-state index in [4.69, 9.17) is 19.3 Å². The van der Waals surface area contributed by atoms with Crippen LogP contribution in [-0.4, -0.2) is 24.3 Å². The molecule has 0 aromatic heterocycles. The minimum Gasteiger partial charge on any atom is -0.493 e. The van der Waals surface area contributed by atoms with E-state index < -0.39 is 18.4 Å². The first kappa shape index (κ1) is 20.7. The molecule has 0 atom stereocenters. The van der Waals surface area contributed by atoms with Crippen LogP contribution >= 0.6 is 0 Å². The molecule has 1 aliphatic carbocycles. The van der Waals surface area contributed by atoms with Crippen molar-refractivity contribution in [3.05, 3.63) is 78.1 Å². The third kappa shape index (κ3) is 5.98. The molecule has 1 N–H and O–H groups in total. The number of benzene rings is 3. The zero-order valence-electron chi connectivity index (χ0n) is 16.9. The van der Waals surface area contributed by atoms with E-state index in [1.807, 2.05) is 48.5 Å². The number of hydrogen-bond acceptors (Lipinski definition) is 4. The van der Waals surface area contributed by atoms with Crippen LogP contribution in [0.3, 0.4) is 0 Å². The fourth-order valence-electron chi connectivity index (χ4n) is 3.08. The molecule has 0 aliphatic heterocycles. The Labute approximate surface area is 180 Å². The van der Waals surface area contributed by atoms with Crippen LogP contribution in [0.2, 0.25) is 0 Å². The topological polar surface area (TPSA) is 65.0 Å². The Morgan fingerprint density at radius 2 is 1.68 bits per heavy atom. The fraction of sp³-hybridized carbons (Fsp3) is 0.240. The van der Waals surface area contributed by atoms with E-state index in [0.717, 1.165) is 35.0 Å². The number of halogens is 1. The van der Waals surface area contributed by atoms with Gasteiger partial charge in [-0.1, -0.05) is 30.3 Å². The van der Waals surface area contributed by atoms with Gasteiger partial charge in [-0.15, -0.1) is 0 Å². The molecule has 1 aliphatic rings. The number of hydrogen-bond donors (Lipinski definition) is 1. The highest BCUT2D eigenvalue weighted by molar-refractivity contribution is 5.68. The third-order valence-electron chi connectivity index (χ3n) is 4.96. The summed E-state index contributed by atoms with van der Waals surface area (Å²) in [6.45, 7) is 0.460. The van der Waals surface area contributed by atoms with Crippen LogP contribution in [-0.2, 0) is 11.4 Å². The van der Waals surface area contributed by atoms with Crippen LogP contribution in [0.4, 0.5) is 4.39 Å². The molecular formula is C25H23FO5. The average molecular weight is 422 g/mol. The van der Waals surface area contributed by atoms with Crippen molar-refractivity contribution in [3.63, 3.8) is 0 Å². The minimum atomic E-state index is -1.17. The van der Waals surface area contributed by atoms with Gasteiger partial charge in [0.05, 0.1) is 6.61 Å². The quantitative estimate of drug-likeness (QED) is 0.479. The average Bonchev–Trinajstić information content (AvgIpc) is 3.61. The van der Waals surface area contributed by atoms with E-state index in [1.54, 1.807) is 6.07 Å². The summed E-state index contributed by atoms with van der Waals surface area (Å²) in [6.07, 6.45) is 2.53. The molecule has 31 heavy (non-hydrogen) atoms. The predicted octanol–water partition coefficient (Wildman–Crippen LogP) is 5.32. The minimum absolute atomic E-state index is 0.124. The SMILES string of the molecule is O=C(O)COc1ccc(OCc2cccc(-c3ccc(OCC4CC4)cc3)c2)cc1F. The summed E-state index contributed by atoms with van der Waals surface area (Å²) in [5.41, 5.74) is 3.07. The largest absolute Gasteiger partial charge is 0.493 e. The molecule has 0 heterocycles. The van der Waals surface area contributed by atoms with Crippen LogP contribution in [0.25, 0.3) is 11.1 Å². The number of carboxylic acids is 1. The van der Waals surface area contributed by atoms with E-state index in [9.17, 15) is 9.18 Å². The molecule has 0 amide bonds. The second-order valence-electron chi connectivity index (χ2n) is 7.54. The Balaban J connectivity index is 1.36. The zero-order valence-corrected chi connectivity index (χ0v) is 16.9. The van der Waals surface area contributed by atoms with Crippen LogP contribution in [0.5, 0.6) is 17.2 Å². The summed E-state index contributed by atoms with van der Waals surface area (Å²) in [7, 11) is 0. The molecule has 6 heteroatoms. The van der Waals surface area contributed by atoms with Crippen LogP contribution < -0.4 is 14.2 Å². The Morgan fingerprint density at radius 3 is 2.39 bits per heavy atom. The van der Waals surface area contributed by atoms with Gasteiger partial charge in [0.1, 0.15) is 18.1 Å². The first-order valence-corrected chi connectivity index (χ1v) is 10.2. The highest BCUT2D eigenvalue weighted by Gasteiger charge is 2.21. The van der Waals surface area contributed by atoms with Crippen molar-refractivity contribution in [1.29, 1.82) is 0 Å². The summed E-state index contributed by atoms with van der Waals surface area (Å²) < 4.78 is 30.4. The van der Waals surface area contributed by atoms with Gasteiger partial charge in [0.15, 0.2) is 18.2 Å². The van der Waals surface area contributed by atoms with Crippen molar-refractivity contribution in [2.24, 2.45) is 5.92 Å². The molecular weight excluding hydrogens is 399 g/mol. The third-order valence-corrected chi connectivity index (χ3v) is 4.96. The standard InChI is InChI=1S/C25H23FO5/c26-23-13-22(10-11-24(23)31-16-25(27)28)30-15-18-2-1-3-20(12-18)19-6-8-21(9-7-19)29-14-17-4-5-17/h1-3,6-13,17H,4-5,14-16H2,(H,27,28). The van der Waals surface area contributed by atoms with Gasteiger partial charge < -0.3 is 19.3 Å². The van der Waals surface area contributed by atoms with Gasteiger partial charge in [0, 0.05) is 6.07 Å². The maximum atomic E-state index is 14.0. The smallest absolute Gasteiger partial charge is 0.341 e. The van der Waals surface area contributed by atoms with Crippen molar-refractivity contribution >= 4 is 5.97 Å². The Bertz CT molecular complexity index is 1040. The predicted molar refractivity (Wildman–Crippen MR) is 114 cm³/mol. The molecule has 4 rings (SSSR count). The van der Waals surface area contributed by atoms with E-state index >= 15 is 0 Å². The number of carbonyl (C=O) groups is 1. The lowest BCUT2D eigenvalue weighted by Crippen LogP contribution is -2.10. The van der Waals surface area contributed by atoms with Crippen molar-refractivity contribution in [2.75, 3.05) is 13.2 Å². The summed E-state index contributed by atoms with van der Waals surface area (Å²) in [5, 5.41) is 8.62. The van der Waals surface area contributed by atoms with Crippen molar-refractivity contribution in [3.8, 4) is 28.4 Å². The Morgan fingerprint density at radius 1 is 0.903 bits per heavy atom. The first-order chi connectivity index (χ1) is 15.1. The first-order valence-electron chi connectivity index (χ1n) is 10.2. The van der Waals surface area contributed by atoms with E-state index in [0.29, 0.717) is 5.75 Å². The number of aliphatic carboxylic acids is 1. The Hall–Kier alpha value is -3.54. The normalized spacial score (nSPS) is 12.9. The molecule has 1 fully saturated rings. The second-order valence-corrected chi connectivity index (χ2v) is 7.54. The molecule has 0 saturated heterocycles. The molecule has 1 saturated carbocycles. The molecule has 0 spiro atoms. The van der Waals surface area contributed by atoms with E-state index in [-0.39, 0.29) is 12.4 Å². The van der Waals surface area contributed by atoms with Gasteiger partial charge in [0.25, 0.3) is 0 Å².